The van der Waals surface area contributed by atoms with Crippen molar-refractivity contribution in [3.63, 3.8) is 0 Å². The number of nitrogens with one attached hydrogen (secondary N) is 1. The molecule has 5 heteroatoms. The summed E-state index contributed by atoms with van der Waals surface area (Å²) in [6, 6.07) is 10.6. The van der Waals surface area contributed by atoms with E-state index in [4.69, 9.17) is 9.47 Å². The molecule has 104 valence electrons. The summed E-state index contributed by atoms with van der Waals surface area (Å²) in [4.78, 5) is 16.1. The van der Waals surface area contributed by atoms with Gasteiger partial charge in [-0.25, -0.2) is 4.98 Å². The van der Waals surface area contributed by atoms with Crippen LogP contribution in [0.3, 0.4) is 0 Å². The molecule has 0 aliphatic carbocycles. The lowest BCUT2D eigenvalue weighted by Crippen LogP contribution is -2.13. The largest absolute Gasteiger partial charge is 0.492 e. The molecule has 1 aromatic heterocycles. The van der Waals surface area contributed by atoms with Crippen LogP contribution in [0.1, 0.15) is 17.3 Å². The maximum Gasteiger partial charge on any atom is 0.257 e. The molecule has 0 atom stereocenters. The third-order valence-corrected chi connectivity index (χ3v) is 2.64. The predicted octanol–water partition coefficient (Wildman–Crippen LogP) is 2.74. The Kier molecular flexibility index (Phi) is 4.55. The zero-order valence-corrected chi connectivity index (χ0v) is 11.4. The molecular weight excluding hydrogens is 256 g/mol. The summed E-state index contributed by atoms with van der Waals surface area (Å²) in [5, 5.41) is 2.80. The van der Waals surface area contributed by atoms with E-state index in [1.165, 1.54) is 13.3 Å². The topological polar surface area (TPSA) is 60.5 Å². The third kappa shape index (κ3) is 3.26. The van der Waals surface area contributed by atoms with Crippen LogP contribution in [0, 0.1) is 0 Å². The number of para-hydroxylation sites is 2. The second-order valence-corrected chi connectivity index (χ2v) is 3.97. The zero-order valence-electron chi connectivity index (χ0n) is 11.4. The number of carbonyl (C=O) groups excluding carboxylic acids is 1. The first-order chi connectivity index (χ1) is 9.74. The highest BCUT2D eigenvalue weighted by Crippen LogP contribution is 2.24. The van der Waals surface area contributed by atoms with E-state index in [0.717, 1.165) is 0 Å². The zero-order chi connectivity index (χ0) is 14.4. The highest BCUT2D eigenvalue weighted by molar-refractivity contribution is 6.04. The van der Waals surface area contributed by atoms with E-state index in [-0.39, 0.29) is 5.91 Å². The monoisotopic (exact) mass is 272 g/mol. The lowest BCUT2D eigenvalue weighted by Gasteiger charge is -2.11. The molecule has 0 saturated carbocycles. The number of nitrogens with zero attached hydrogens (tertiary/aromatic N) is 1. The van der Waals surface area contributed by atoms with Gasteiger partial charge in [-0.3, -0.25) is 4.79 Å². The standard InChI is InChI=1S/C15H16N2O3/c1-3-20-13-7-5-4-6-12(13)17-15(18)11-8-9-14(19-2)16-10-11/h4-10H,3H2,1-2H3,(H,17,18). The van der Waals surface area contributed by atoms with Gasteiger partial charge in [-0.2, -0.15) is 0 Å². The molecule has 0 fully saturated rings. The summed E-state index contributed by atoms with van der Waals surface area (Å²) in [5.41, 5.74) is 1.09. The second kappa shape index (κ2) is 6.56. The van der Waals surface area contributed by atoms with Crippen LogP contribution in [0.2, 0.25) is 0 Å². The molecule has 1 heterocycles. The smallest absolute Gasteiger partial charge is 0.257 e. The minimum absolute atomic E-state index is 0.243. The number of methoxy groups -OCH3 is 1. The van der Waals surface area contributed by atoms with Crippen molar-refractivity contribution in [3.05, 3.63) is 48.2 Å². The minimum atomic E-state index is -0.243. The lowest BCUT2D eigenvalue weighted by atomic mass is 10.2. The van der Waals surface area contributed by atoms with Gasteiger partial charge in [0.15, 0.2) is 0 Å². The Hall–Kier alpha value is -2.56. The van der Waals surface area contributed by atoms with Gasteiger partial charge in [0.25, 0.3) is 5.91 Å². The van der Waals surface area contributed by atoms with Crippen molar-refractivity contribution in [1.29, 1.82) is 0 Å². The van der Waals surface area contributed by atoms with Gasteiger partial charge in [-0.15, -0.1) is 0 Å². The van der Waals surface area contributed by atoms with Crippen LogP contribution < -0.4 is 14.8 Å². The number of aromatic nitrogens is 1. The van der Waals surface area contributed by atoms with Crippen molar-refractivity contribution in [2.24, 2.45) is 0 Å². The molecule has 0 aliphatic heterocycles. The van der Waals surface area contributed by atoms with Crippen LogP contribution in [0.25, 0.3) is 0 Å². The van der Waals surface area contributed by atoms with Gasteiger partial charge in [0.2, 0.25) is 5.88 Å². The Morgan fingerprint density at radius 1 is 1.25 bits per heavy atom. The van der Waals surface area contributed by atoms with E-state index in [1.807, 2.05) is 25.1 Å². The third-order valence-electron chi connectivity index (χ3n) is 2.64. The van der Waals surface area contributed by atoms with Gasteiger partial charge in [-0.05, 0) is 25.1 Å². The van der Waals surface area contributed by atoms with Gasteiger partial charge in [0, 0.05) is 12.3 Å². The van der Waals surface area contributed by atoms with Gasteiger partial charge < -0.3 is 14.8 Å². The molecule has 20 heavy (non-hydrogen) atoms. The van der Waals surface area contributed by atoms with E-state index in [9.17, 15) is 4.79 Å². The van der Waals surface area contributed by atoms with Crippen molar-refractivity contribution < 1.29 is 14.3 Å². The van der Waals surface area contributed by atoms with Crippen LogP contribution >= 0.6 is 0 Å². The molecule has 0 bridgehead atoms. The molecule has 5 nitrogen and oxygen atoms in total. The number of carbonyl (C=O) groups is 1. The number of hydrogen-bond acceptors (Lipinski definition) is 4. The van der Waals surface area contributed by atoms with Crippen LogP contribution in [0.15, 0.2) is 42.6 Å². The summed E-state index contributed by atoms with van der Waals surface area (Å²) in [7, 11) is 1.53. The van der Waals surface area contributed by atoms with E-state index in [1.54, 1.807) is 18.2 Å². The van der Waals surface area contributed by atoms with Crippen molar-refractivity contribution >= 4 is 11.6 Å². The molecule has 1 aromatic carbocycles. The van der Waals surface area contributed by atoms with Crippen LogP contribution in [-0.2, 0) is 0 Å². The van der Waals surface area contributed by atoms with Gasteiger partial charge in [0.1, 0.15) is 5.75 Å². The average molecular weight is 272 g/mol. The Morgan fingerprint density at radius 3 is 2.70 bits per heavy atom. The maximum atomic E-state index is 12.1. The number of rotatable bonds is 5. The quantitative estimate of drug-likeness (QED) is 0.909. The van der Waals surface area contributed by atoms with Gasteiger partial charge >= 0.3 is 0 Å². The number of anilines is 1. The second-order valence-electron chi connectivity index (χ2n) is 3.97. The van der Waals surface area contributed by atoms with Crippen LogP contribution in [0.4, 0.5) is 5.69 Å². The fraction of sp³-hybridized carbons (Fsp3) is 0.200. The number of hydrogen-bond donors (Lipinski definition) is 1. The average Bonchev–Trinajstić information content (AvgIpc) is 2.49. The summed E-state index contributed by atoms with van der Waals surface area (Å²) >= 11 is 0. The van der Waals surface area contributed by atoms with Crippen molar-refractivity contribution in [3.8, 4) is 11.6 Å². The number of amides is 1. The highest BCUT2D eigenvalue weighted by atomic mass is 16.5. The number of pyridine rings is 1. The fourth-order valence-corrected chi connectivity index (χ4v) is 1.68. The first-order valence-electron chi connectivity index (χ1n) is 6.27. The molecule has 0 unspecified atom stereocenters. The minimum Gasteiger partial charge on any atom is -0.492 e. The van der Waals surface area contributed by atoms with Crippen molar-refractivity contribution in [1.82, 2.24) is 4.98 Å². The number of ether oxygens (including phenoxy) is 2. The molecule has 2 aromatic rings. The first kappa shape index (κ1) is 13.9. The first-order valence-corrected chi connectivity index (χ1v) is 6.27. The Balaban J connectivity index is 2.14. The Morgan fingerprint density at radius 2 is 2.05 bits per heavy atom. The molecule has 0 radical (unpaired) electrons. The van der Waals surface area contributed by atoms with E-state index in [2.05, 4.69) is 10.3 Å². The lowest BCUT2D eigenvalue weighted by molar-refractivity contribution is 0.102. The van der Waals surface area contributed by atoms with Crippen LogP contribution in [0.5, 0.6) is 11.6 Å². The molecule has 1 amide bonds. The molecule has 1 N–H and O–H groups in total. The van der Waals surface area contributed by atoms with E-state index >= 15 is 0 Å². The summed E-state index contributed by atoms with van der Waals surface area (Å²) in [5.74, 6) is 0.869. The number of benzene rings is 1. The Labute approximate surface area is 117 Å². The molecule has 0 spiro atoms. The summed E-state index contributed by atoms with van der Waals surface area (Å²) in [6.07, 6.45) is 1.47. The predicted molar refractivity (Wildman–Crippen MR) is 76.4 cm³/mol. The maximum absolute atomic E-state index is 12.1. The summed E-state index contributed by atoms with van der Waals surface area (Å²) in [6.45, 7) is 2.43. The van der Waals surface area contributed by atoms with Crippen molar-refractivity contribution in [2.75, 3.05) is 19.0 Å². The van der Waals surface area contributed by atoms with Crippen LogP contribution in [-0.4, -0.2) is 24.6 Å². The van der Waals surface area contributed by atoms with Gasteiger partial charge in [-0.1, -0.05) is 12.1 Å². The normalized spacial score (nSPS) is 9.90. The highest BCUT2D eigenvalue weighted by Gasteiger charge is 2.10. The molecule has 2 rings (SSSR count). The Bertz CT molecular complexity index is 582. The molecule has 0 saturated heterocycles. The SMILES string of the molecule is CCOc1ccccc1NC(=O)c1ccc(OC)nc1. The van der Waals surface area contributed by atoms with Gasteiger partial charge in [0.05, 0.1) is 25.0 Å². The molecular formula is C15H16N2O3. The molecule has 0 aliphatic rings. The van der Waals surface area contributed by atoms with E-state index < -0.39 is 0 Å². The summed E-state index contributed by atoms with van der Waals surface area (Å²) < 4.78 is 10.4. The van der Waals surface area contributed by atoms with Crippen molar-refractivity contribution in [2.45, 2.75) is 6.92 Å². The van der Waals surface area contributed by atoms with E-state index in [0.29, 0.717) is 29.5 Å². The fourth-order valence-electron chi connectivity index (χ4n) is 1.68.